The van der Waals surface area contributed by atoms with Gasteiger partial charge in [0.1, 0.15) is 11.6 Å². The van der Waals surface area contributed by atoms with Gasteiger partial charge in [0.25, 0.3) is 0 Å². The van der Waals surface area contributed by atoms with Crippen molar-refractivity contribution >= 4 is 19.9 Å². The molecule has 0 N–H and O–H groups in total. The average molecular weight is 339 g/mol. The van der Waals surface area contributed by atoms with Gasteiger partial charge < -0.3 is 4.43 Å². The van der Waals surface area contributed by atoms with Crippen molar-refractivity contribution in [3.05, 3.63) is 0 Å². The molecule has 0 aromatic heterocycles. The summed E-state index contributed by atoms with van der Waals surface area (Å²) in [6.45, 7) is 14.3. The molecule has 0 saturated heterocycles. The Morgan fingerprint density at radius 1 is 1.09 bits per heavy atom. The van der Waals surface area contributed by atoms with Gasteiger partial charge in [-0.25, -0.2) is 0 Å². The smallest absolute Gasteiger partial charge is 0.191 e. The molecule has 2 fully saturated rings. The molecule has 3 unspecified atom stereocenters. The summed E-state index contributed by atoms with van der Waals surface area (Å²) in [5.74, 6) is 1.45. The standard InChI is InChI=1S/C19H34O3Si/c1-7-14-10-13(12-22-23(5,6)19(2,3)4)11-15-16(20)8-9-17(21)18(14)15/h13-15,18H,7-12H2,1-6H3/t13?,14-,15?,18?/m0/s1. The van der Waals surface area contributed by atoms with Gasteiger partial charge in [-0.2, -0.15) is 0 Å². The Morgan fingerprint density at radius 3 is 2.26 bits per heavy atom. The molecule has 0 aliphatic heterocycles. The van der Waals surface area contributed by atoms with E-state index in [1.165, 1.54) is 0 Å². The van der Waals surface area contributed by atoms with E-state index in [0.717, 1.165) is 25.9 Å². The van der Waals surface area contributed by atoms with Crippen LogP contribution in [0.4, 0.5) is 0 Å². The van der Waals surface area contributed by atoms with Crippen LogP contribution in [0.1, 0.15) is 59.8 Å². The van der Waals surface area contributed by atoms with Crippen molar-refractivity contribution in [3.63, 3.8) is 0 Å². The van der Waals surface area contributed by atoms with E-state index < -0.39 is 8.32 Å². The minimum Gasteiger partial charge on any atom is -0.417 e. The molecule has 4 atom stereocenters. The number of fused-ring (bicyclic) bond motifs is 1. The van der Waals surface area contributed by atoms with Crippen LogP contribution in [0.3, 0.4) is 0 Å². The van der Waals surface area contributed by atoms with E-state index in [4.69, 9.17) is 4.43 Å². The first kappa shape index (κ1) is 18.8. The number of carbonyl (C=O) groups is 2. The SMILES string of the molecule is CC[C@H]1CC(CO[Si](C)(C)C(C)(C)C)CC2C(=O)CCC(=O)C21. The molecule has 0 spiro atoms. The molecular weight excluding hydrogens is 304 g/mol. The average Bonchev–Trinajstić information content (AvgIpc) is 2.47. The van der Waals surface area contributed by atoms with Gasteiger partial charge in [-0.05, 0) is 42.8 Å². The number of ketones is 2. The molecule has 2 aliphatic rings. The molecule has 3 nitrogen and oxygen atoms in total. The van der Waals surface area contributed by atoms with Crippen LogP contribution in [0.25, 0.3) is 0 Å². The highest BCUT2D eigenvalue weighted by Gasteiger charge is 2.47. The van der Waals surface area contributed by atoms with E-state index >= 15 is 0 Å². The lowest BCUT2D eigenvalue weighted by atomic mass is 9.61. The topological polar surface area (TPSA) is 43.4 Å². The molecule has 0 aromatic carbocycles. The third-order valence-corrected chi connectivity index (χ3v) is 11.1. The van der Waals surface area contributed by atoms with Crippen molar-refractivity contribution in [2.75, 3.05) is 6.61 Å². The van der Waals surface area contributed by atoms with E-state index in [0.29, 0.717) is 36.2 Å². The minimum atomic E-state index is -1.75. The summed E-state index contributed by atoms with van der Waals surface area (Å²) in [6, 6.07) is 0. The van der Waals surface area contributed by atoms with Crippen LogP contribution in [-0.2, 0) is 14.0 Å². The molecule has 2 saturated carbocycles. The van der Waals surface area contributed by atoms with Crippen LogP contribution in [0.15, 0.2) is 0 Å². The second-order valence-corrected chi connectivity index (χ2v) is 14.0. The molecule has 0 bridgehead atoms. The van der Waals surface area contributed by atoms with Crippen molar-refractivity contribution in [1.29, 1.82) is 0 Å². The largest absolute Gasteiger partial charge is 0.417 e. The number of carbonyl (C=O) groups excluding carboxylic acids is 2. The van der Waals surface area contributed by atoms with Crippen molar-refractivity contribution in [1.82, 2.24) is 0 Å². The van der Waals surface area contributed by atoms with Gasteiger partial charge in [0.15, 0.2) is 8.32 Å². The van der Waals surface area contributed by atoms with Gasteiger partial charge in [-0.1, -0.05) is 34.1 Å². The lowest BCUT2D eigenvalue weighted by Gasteiger charge is -2.44. The van der Waals surface area contributed by atoms with E-state index in [9.17, 15) is 9.59 Å². The third kappa shape index (κ3) is 3.96. The maximum absolute atomic E-state index is 12.4. The lowest BCUT2D eigenvalue weighted by molar-refractivity contribution is -0.143. The lowest BCUT2D eigenvalue weighted by Crippen LogP contribution is -2.47. The van der Waals surface area contributed by atoms with Crippen LogP contribution in [-0.4, -0.2) is 26.5 Å². The second-order valence-electron chi connectivity index (χ2n) is 9.14. The van der Waals surface area contributed by atoms with Crippen LogP contribution in [0.2, 0.25) is 18.1 Å². The zero-order valence-electron chi connectivity index (χ0n) is 15.8. The summed E-state index contributed by atoms with van der Waals surface area (Å²) >= 11 is 0. The predicted octanol–water partition coefficient (Wildman–Crippen LogP) is 4.61. The van der Waals surface area contributed by atoms with E-state index in [1.807, 2.05) is 0 Å². The molecule has 0 heterocycles. The Morgan fingerprint density at radius 2 is 1.70 bits per heavy atom. The Balaban J connectivity index is 2.05. The highest BCUT2D eigenvalue weighted by molar-refractivity contribution is 6.74. The first-order valence-corrected chi connectivity index (χ1v) is 12.2. The fourth-order valence-electron chi connectivity index (χ4n) is 4.02. The van der Waals surface area contributed by atoms with Crippen molar-refractivity contribution in [3.8, 4) is 0 Å². The summed E-state index contributed by atoms with van der Waals surface area (Å²) < 4.78 is 6.41. The maximum atomic E-state index is 12.4. The summed E-state index contributed by atoms with van der Waals surface area (Å²) in [5, 5.41) is 0.213. The Bertz CT molecular complexity index is 464. The third-order valence-electron chi connectivity index (χ3n) is 6.58. The summed E-state index contributed by atoms with van der Waals surface area (Å²) in [6.07, 6.45) is 3.84. The molecule has 23 heavy (non-hydrogen) atoms. The fraction of sp³-hybridized carbons (Fsp3) is 0.895. The van der Waals surface area contributed by atoms with Crippen molar-refractivity contribution in [2.24, 2.45) is 23.7 Å². The fourth-order valence-corrected chi connectivity index (χ4v) is 5.11. The predicted molar refractivity (Wildman–Crippen MR) is 95.9 cm³/mol. The molecule has 2 rings (SSSR count). The molecule has 4 heteroatoms. The van der Waals surface area contributed by atoms with Gasteiger partial charge in [-0.3, -0.25) is 9.59 Å². The zero-order valence-corrected chi connectivity index (χ0v) is 16.8. The summed E-state index contributed by atoms with van der Waals surface area (Å²) in [4.78, 5) is 24.7. The van der Waals surface area contributed by atoms with Crippen molar-refractivity contribution < 1.29 is 14.0 Å². The number of Topliss-reactive ketones (excluding diaryl/α,β-unsaturated/α-hetero) is 2. The quantitative estimate of drug-likeness (QED) is 0.703. The summed E-state index contributed by atoms with van der Waals surface area (Å²) in [7, 11) is -1.75. The van der Waals surface area contributed by atoms with Gasteiger partial charge in [0, 0.05) is 31.3 Å². The number of hydrogen-bond donors (Lipinski definition) is 0. The Kier molecular flexibility index (Phi) is 5.57. The van der Waals surface area contributed by atoms with Gasteiger partial charge in [0.2, 0.25) is 0 Å². The maximum Gasteiger partial charge on any atom is 0.191 e. The van der Waals surface area contributed by atoms with Crippen LogP contribution in [0, 0.1) is 23.7 Å². The van der Waals surface area contributed by atoms with E-state index in [1.54, 1.807) is 0 Å². The molecule has 0 aromatic rings. The second kappa shape index (κ2) is 6.79. The highest BCUT2D eigenvalue weighted by Crippen LogP contribution is 2.45. The highest BCUT2D eigenvalue weighted by atomic mass is 28.4. The van der Waals surface area contributed by atoms with Gasteiger partial charge in [0.05, 0.1) is 0 Å². The molecule has 2 aliphatic carbocycles. The van der Waals surface area contributed by atoms with Gasteiger partial charge in [-0.15, -0.1) is 0 Å². The first-order chi connectivity index (χ1) is 10.6. The number of rotatable bonds is 4. The monoisotopic (exact) mass is 338 g/mol. The molecular formula is C19H34O3Si. The minimum absolute atomic E-state index is 0.00497. The Labute approximate surface area is 142 Å². The van der Waals surface area contributed by atoms with Gasteiger partial charge >= 0.3 is 0 Å². The van der Waals surface area contributed by atoms with Crippen molar-refractivity contribution in [2.45, 2.75) is 77.9 Å². The zero-order chi connectivity index (χ0) is 17.4. The molecule has 0 radical (unpaired) electrons. The van der Waals surface area contributed by atoms with E-state index in [2.05, 4.69) is 40.8 Å². The van der Waals surface area contributed by atoms with Crippen LogP contribution < -0.4 is 0 Å². The van der Waals surface area contributed by atoms with Crippen LogP contribution >= 0.6 is 0 Å². The molecule has 0 amide bonds. The van der Waals surface area contributed by atoms with Crippen LogP contribution in [0.5, 0.6) is 0 Å². The summed E-state index contributed by atoms with van der Waals surface area (Å²) in [5.41, 5.74) is 0. The van der Waals surface area contributed by atoms with E-state index in [-0.39, 0.29) is 16.9 Å². The molecule has 132 valence electrons. The normalized spacial score (nSPS) is 32.8. The first-order valence-electron chi connectivity index (χ1n) is 9.26. The number of hydrogen-bond acceptors (Lipinski definition) is 3. The Hall–Kier alpha value is -0.483.